The summed E-state index contributed by atoms with van der Waals surface area (Å²) in [4.78, 5) is 0. The van der Waals surface area contributed by atoms with Crippen molar-refractivity contribution in [1.29, 1.82) is 0 Å². The van der Waals surface area contributed by atoms with Gasteiger partial charge in [0.1, 0.15) is 14.1 Å². The highest BCUT2D eigenvalue weighted by Crippen LogP contribution is 2.31. The lowest BCUT2D eigenvalue weighted by atomic mass is 9.94. The maximum absolute atomic E-state index is 2.31. The molecule has 0 aliphatic rings. The molecule has 29 heavy (non-hydrogen) atoms. The van der Waals surface area contributed by atoms with Crippen LogP contribution in [0.5, 0.6) is 0 Å². The lowest BCUT2D eigenvalue weighted by Gasteiger charge is -2.11. The first kappa shape index (κ1) is 19.1. The predicted molar refractivity (Wildman–Crippen MR) is 119 cm³/mol. The van der Waals surface area contributed by atoms with Gasteiger partial charge < -0.3 is 0 Å². The Bertz CT molecular complexity index is 1210. The van der Waals surface area contributed by atoms with Crippen LogP contribution in [0.15, 0.2) is 79.1 Å². The van der Waals surface area contributed by atoms with Gasteiger partial charge >= 0.3 is 0 Å². The minimum Gasteiger partial charge on any atom is -0.201 e. The van der Waals surface area contributed by atoms with Gasteiger partial charge in [-0.15, -0.1) is 0 Å². The zero-order chi connectivity index (χ0) is 20.5. The van der Waals surface area contributed by atoms with Crippen molar-refractivity contribution in [3.8, 4) is 33.6 Å². The smallest absolute Gasteiger partial charge is 0.201 e. The van der Waals surface area contributed by atoms with Crippen molar-refractivity contribution in [2.45, 2.75) is 20.8 Å². The summed E-state index contributed by atoms with van der Waals surface area (Å²) in [7, 11) is 4.22. The second-order valence-corrected chi connectivity index (χ2v) is 7.90. The molecule has 0 radical (unpaired) electrons. The van der Waals surface area contributed by atoms with Crippen LogP contribution in [0.4, 0.5) is 0 Å². The van der Waals surface area contributed by atoms with E-state index in [4.69, 9.17) is 0 Å². The summed E-state index contributed by atoms with van der Waals surface area (Å²) in [6.07, 6.45) is 4.26. The molecule has 2 heterocycles. The van der Waals surface area contributed by atoms with E-state index in [0.29, 0.717) is 0 Å². The van der Waals surface area contributed by atoms with Gasteiger partial charge in [0.25, 0.3) is 0 Å². The van der Waals surface area contributed by atoms with Crippen LogP contribution in [0.25, 0.3) is 33.6 Å². The maximum atomic E-state index is 2.31. The second-order valence-electron chi connectivity index (χ2n) is 7.90. The van der Waals surface area contributed by atoms with E-state index in [-0.39, 0.29) is 0 Å². The number of rotatable bonds is 3. The summed E-state index contributed by atoms with van der Waals surface area (Å²) in [6.45, 7) is 6.56. The second kappa shape index (κ2) is 7.63. The fourth-order valence-corrected chi connectivity index (χ4v) is 4.14. The predicted octanol–water partition coefficient (Wildman–Crippen LogP) is 5.26. The number of nitrogens with zero attached hydrogens (tertiary/aromatic N) is 2. The molecule has 0 saturated heterocycles. The maximum Gasteiger partial charge on any atom is 0.213 e. The van der Waals surface area contributed by atoms with Gasteiger partial charge in [-0.2, -0.15) is 0 Å². The van der Waals surface area contributed by atoms with Gasteiger partial charge in [-0.05, 0) is 61.2 Å². The fraction of sp³-hybridized carbons (Fsp3) is 0.185. The number of pyridine rings is 2. The molecule has 4 rings (SSSR count). The summed E-state index contributed by atoms with van der Waals surface area (Å²) in [5.74, 6) is 0. The SMILES string of the molecule is Cc1ccc(-c2cc[n+](C)c(-c3cccc(-c4cccc[n+]4C)c3C)c2)c(C)c1. The van der Waals surface area contributed by atoms with E-state index in [2.05, 4.69) is 123 Å². The molecule has 0 amide bonds. The third kappa shape index (κ3) is 3.58. The van der Waals surface area contributed by atoms with Gasteiger partial charge in [-0.3, -0.25) is 0 Å². The fourth-order valence-electron chi connectivity index (χ4n) is 4.14. The average molecular weight is 381 g/mol. The first-order valence-corrected chi connectivity index (χ1v) is 10.1. The van der Waals surface area contributed by atoms with Gasteiger partial charge in [-0.25, -0.2) is 9.13 Å². The Morgan fingerprint density at radius 1 is 0.586 bits per heavy atom. The van der Waals surface area contributed by atoms with E-state index in [9.17, 15) is 0 Å². The third-order valence-electron chi connectivity index (χ3n) is 5.78. The van der Waals surface area contributed by atoms with Crippen molar-refractivity contribution in [2.75, 3.05) is 0 Å². The molecule has 144 valence electrons. The van der Waals surface area contributed by atoms with Crippen LogP contribution in [0.1, 0.15) is 16.7 Å². The minimum atomic E-state index is 1.22. The molecule has 0 saturated carbocycles. The molecule has 0 fully saturated rings. The van der Waals surface area contributed by atoms with Crippen LogP contribution in [-0.4, -0.2) is 0 Å². The normalized spacial score (nSPS) is 10.9. The van der Waals surface area contributed by atoms with E-state index in [1.54, 1.807) is 0 Å². The zero-order valence-corrected chi connectivity index (χ0v) is 17.9. The van der Waals surface area contributed by atoms with Gasteiger partial charge in [0, 0.05) is 35.4 Å². The van der Waals surface area contributed by atoms with Gasteiger partial charge in [0.2, 0.25) is 11.4 Å². The van der Waals surface area contributed by atoms with Crippen molar-refractivity contribution in [1.82, 2.24) is 0 Å². The highest BCUT2D eigenvalue weighted by atomic mass is 14.9. The number of aryl methyl sites for hydroxylation is 4. The molecule has 0 spiro atoms. The lowest BCUT2D eigenvalue weighted by molar-refractivity contribution is -0.660. The van der Waals surface area contributed by atoms with Crippen LogP contribution >= 0.6 is 0 Å². The molecular weight excluding hydrogens is 352 g/mol. The third-order valence-corrected chi connectivity index (χ3v) is 5.78. The zero-order valence-electron chi connectivity index (χ0n) is 17.9. The summed E-state index contributed by atoms with van der Waals surface area (Å²) in [6, 6.07) is 24.1. The first-order valence-electron chi connectivity index (χ1n) is 10.1. The number of hydrogen-bond acceptors (Lipinski definition) is 0. The highest BCUT2D eigenvalue weighted by Gasteiger charge is 2.19. The van der Waals surface area contributed by atoms with Crippen LogP contribution < -0.4 is 9.13 Å². The number of aromatic nitrogens is 2. The van der Waals surface area contributed by atoms with Crippen molar-refractivity contribution in [3.63, 3.8) is 0 Å². The average Bonchev–Trinajstić information content (AvgIpc) is 2.70. The van der Waals surface area contributed by atoms with Crippen LogP contribution in [-0.2, 0) is 14.1 Å². The Balaban J connectivity index is 1.88. The Labute approximate surface area is 173 Å². The molecule has 0 bridgehead atoms. The summed E-state index contributed by atoms with van der Waals surface area (Å²) in [5.41, 5.74) is 11.4. The topological polar surface area (TPSA) is 7.76 Å². The van der Waals surface area contributed by atoms with Crippen molar-refractivity contribution in [3.05, 3.63) is 95.8 Å². The molecule has 0 aliphatic carbocycles. The van der Waals surface area contributed by atoms with E-state index in [0.717, 1.165) is 0 Å². The Morgan fingerprint density at radius 2 is 1.31 bits per heavy atom. The van der Waals surface area contributed by atoms with E-state index in [1.807, 2.05) is 0 Å². The van der Waals surface area contributed by atoms with Crippen molar-refractivity contribution >= 4 is 0 Å². The molecule has 0 atom stereocenters. The summed E-state index contributed by atoms with van der Waals surface area (Å²) >= 11 is 0. The van der Waals surface area contributed by atoms with E-state index >= 15 is 0 Å². The lowest BCUT2D eigenvalue weighted by Crippen LogP contribution is -2.31. The molecule has 4 aromatic rings. The van der Waals surface area contributed by atoms with Gasteiger partial charge in [0.05, 0.1) is 0 Å². The van der Waals surface area contributed by atoms with E-state index in [1.165, 1.54) is 50.3 Å². The molecule has 2 nitrogen and oxygen atoms in total. The molecule has 0 N–H and O–H groups in total. The van der Waals surface area contributed by atoms with Crippen molar-refractivity contribution < 1.29 is 9.13 Å². The Kier molecular flexibility index (Phi) is 5.02. The molecule has 2 aromatic carbocycles. The quantitative estimate of drug-likeness (QED) is 0.428. The Morgan fingerprint density at radius 3 is 2.03 bits per heavy atom. The molecular formula is C27H28N2+2. The van der Waals surface area contributed by atoms with Crippen LogP contribution in [0.2, 0.25) is 0 Å². The van der Waals surface area contributed by atoms with Gasteiger partial charge in [0.15, 0.2) is 12.4 Å². The monoisotopic (exact) mass is 380 g/mol. The molecule has 0 unspecified atom stereocenters. The minimum absolute atomic E-state index is 1.22. The Hall–Kier alpha value is -3.26. The van der Waals surface area contributed by atoms with Crippen molar-refractivity contribution in [2.24, 2.45) is 14.1 Å². The van der Waals surface area contributed by atoms with E-state index < -0.39 is 0 Å². The summed E-state index contributed by atoms with van der Waals surface area (Å²) in [5, 5.41) is 0. The largest absolute Gasteiger partial charge is 0.213 e. The van der Waals surface area contributed by atoms with Crippen LogP contribution in [0.3, 0.4) is 0 Å². The first-order chi connectivity index (χ1) is 14.0. The highest BCUT2D eigenvalue weighted by molar-refractivity contribution is 5.76. The molecule has 2 heteroatoms. The standard InChI is InChI=1S/C27H28N2/c1-19-12-13-23(20(2)17-19)22-14-16-29(5)27(18-22)25-10-8-9-24(21(25)3)26-11-6-7-15-28(26)4/h6-18H,1-5H3/q+2. The van der Waals surface area contributed by atoms with Gasteiger partial charge in [-0.1, -0.05) is 29.8 Å². The molecule has 2 aromatic heterocycles. The number of benzene rings is 2. The molecule has 0 aliphatic heterocycles. The number of hydrogen-bond donors (Lipinski definition) is 0. The van der Waals surface area contributed by atoms with Crippen LogP contribution in [0, 0.1) is 20.8 Å². The summed E-state index contributed by atoms with van der Waals surface area (Å²) < 4.78 is 4.39.